The van der Waals surface area contributed by atoms with Crippen molar-refractivity contribution in [2.24, 2.45) is 0 Å². The maximum atomic E-state index is 11.9. The Morgan fingerprint density at radius 3 is 2.43 bits per heavy atom. The predicted octanol–water partition coefficient (Wildman–Crippen LogP) is 3.12. The molecule has 2 rings (SSSR count). The number of anilines is 1. The fraction of sp³-hybridized carbons (Fsp3) is 0.533. The van der Waals surface area contributed by atoms with Gasteiger partial charge in [-0.05, 0) is 38.5 Å². The smallest absolute Gasteiger partial charge is 0.412 e. The van der Waals surface area contributed by atoms with Crippen molar-refractivity contribution in [2.75, 3.05) is 26.1 Å². The van der Waals surface area contributed by atoms with Gasteiger partial charge in [-0.1, -0.05) is 0 Å². The Balaban J connectivity index is 2.27. The van der Waals surface area contributed by atoms with Crippen LogP contribution in [-0.2, 0) is 9.47 Å². The Kier molecular flexibility index (Phi) is 4.27. The van der Waals surface area contributed by atoms with Crippen LogP contribution in [0.1, 0.15) is 32.4 Å². The molecule has 1 N–H and O–H groups in total. The van der Waals surface area contributed by atoms with E-state index in [2.05, 4.69) is 5.32 Å². The van der Waals surface area contributed by atoms with Gasteiger partial charge < -0.3 is 18.9 Å². The second kappa shape index (κ2) is 5.81. The minimum absolute atomic E-state index is 0.0454. The molecule has 0 saturated carbocycles. The van der Waals surface area contributed by atoms with Crippen molar-refractivity contribution >= 4 is 11.8 Å². The summed E-state index contributed by atoms with van der Waals surface area (Å²) in [4.78, 5) is 11.9. The lowest BCUT2D eigenvalue weighted by atomic mass is 10.1. The summed E-state index contributed by atoms with van der Waals surface area (Å²) in [7, 11) is 3.07. The van der Waals surface area contributed by atoms with Crippen LogP contribution >= 0.6 is 0 Å². The highest BCUT2D eigenvalue weighted by molar-refractivity contribution is 5.88. The van der Waals surface area contributed by atoms with E-state index in [1.54, 1.807) is 27.9 Å². The van der Waals surface area contributed by atoms with Crippen molar-refractivity contribution in [1.29, 1.82) is 0 Å². The van der Waals surface area contributed by atoms with Crippen LogP contribution in [0.5, 0.6) is 11.5 Å². The van der Waals surface area contributed by atoms with E-state index in [0.717, 1.165) is 5.56 Å². The standard InChI is InChI=1S/C15H21NO5/c1-15(2,3)21-14(17)16-10-6-9(12-8-20-12)7-11(18-4)13(10)19-5/h6-7,12H,8H2,1-5H3,(H,16,17)/t12-/m0/s1. The fourth-order valence-corrected chi connectivity index (χ4v) is 1.92. The molecule has 1 aromatic rings. The first-order valence-corrected chi connectivity index (χ1v) is 6.71. The van der Waals surface area contributed by atoms with Gasteiger partial charge in [-0.25, -0.2) is 4.79 Å². The molecule has 1 aromatic carbocycles. The van der Waals surface area contributed by atoms with Crippen molar-refractivity contribution < 1.29 is 23.7 Å². The third-order valence-electron chi connectivity index (χ3n) is 2.84. The molecule has 6 nitrogen and oxygen atoms in total. The number of rotatable bonds is 4. The lowest BCUT2D eigenvalue weighted by Gasteiger charge is -2.21. The summed E-state index contributed by atoms with van der Waals surface area (Å²) in [5.74, 6) is 0.990. The summed E-state index contributed by atoms with van der Waals surface area (Å²) in [5.41, 5.74) is 0.855. The highest BCUT2D eigenvalue weighted by atomic mass is 16.6. The summed E-state index contributed by atoms with van der Waals surface area (Å²) in [6.45, 7) is 6.08. The molecule has 21 heavy (non-hydrogen) atoms. The minimum atomic E-state index is -0.571. The molecule has 1 fully saturated rings. The molecule has 0 aromatic heterocycles. The highest BCUT2D eigenvalue weighted by Crippen LogP contribution is 2.41. The van der Waals surface area contributed by atoms with Crippen molar-refractivity contribution in [1.82, 2.24) is 0 Å². The van der Waals surface area contributed by atoms with Gasteiger partial charge in [0.2, 0.25) is 0 Å². The van der Waals surface area contributed by atoms with Gasteiger partial charge >= 0.3 is 6.09 Å². The monoisotopic (exact) mass is 295 g/mol. The predicted molar refractivity (Wildman–Crippen MR) is 78.1 cm³/mol. The summed E-state index contributed by atoms with van der Waals surface area (Å²) in [5, 5.41) is 2.69. The van der Waals surface area contributed by atoms with Gasteiger partial charge in [0.25, 0.3) is 0 Å². The van der Waals surface area contributed by atoms with Crippen LogP contribution in [0.4, 0.5) is 10.5 Å². The Labute approximate surface area is 124 Å². The molecule has 1 amide bonds. The molecule has 0 aliphatic carbocycles. The maximum absolute atomic E-state index is 11.9. The summed E-state index contributed by atoms with van der Waals surface area (Å²) in [6.07, 6.45) is -0.499. The molecule has 1 heterocycles. The van der Waals surface area contributed by atoms with E-state index in [4.69, 9.17) is 18.9 Å². The number of hydrogen-bond donors (Lipinski definition) is 1. The molecule has 1 saturated heterocycles. The Morgan fingerprint density at radius 1 is 1.29 bits per heavy atom. The lowest BCUT2D eigenvalue weighted by molar-refractivity contribution is 0.0635. The van der Waals surface area contributed by atoms with Gasteiger partial charge in [0.1, 0.15) is 11.7 Å². The van der Waals surface area contributed by atoms with Crippen LogP contribution in [0.3, 0.4) is 0 Å². The number of nitrogens with one attached hydrogen (secondary N) is 1. The Morgan fingerprint density at radius 2 is 1.95 bits per heavy atom. The number of carbonyl (C=O) groups is 1. The summed E-state index contributed by atoms with van der Waals surface area (Å²) in [6, 6.07) is 3.65. The van der Waals surface area contributed by atoms with Crippen LogP contribution in [0, 0.1) is 0 Å². The quantitative estimate of drug-likeness (QED) is 0.864. The van der Waals surface area contributed by atoms with E-state index in [1.165, 1.54) is 7.11 Å². The second-order valence-corrected chi connectivity index (χ2v) is 5.75. The number of hydrogen-bond acceptors (Lipinski definition) is 5. The van der Waals surface area contributed by atoms with Gasteiger partial charge in [0.15, 0.2) is 11.5 Å². The number of epoxide rings is 1. The zero-order chi connectivity index (χ0) is 15.6. The largest absolute Gasteiger partial charge is 0.493 e. The van der Waals surface area contributed by atoms with Crippen molar-refractivity contribution in [2.45, 2.75) is 32.5 Å². The first kappa shape index (κ1) is 15.4. The molecule has 0 unspecified atom stereocenters. The molecular formula is C15H21NO5. The molecule has 0 radical (unpaired) electrons. The lowest BCUT2D eigenvalue weighted by Crippen LogP contribution is -2.27. The van der Waals surface area contributed by atoms with E-state index in [1.807, 2.05) is 12.1 Å². The van der Waals surface area contributed by atoms with E-state index < -0.39 is 11.7 Å². The number of methoxy groups -OCH3 is 2. The van der Waals surface area contributed by atoms with Crippen molar-refractivity contribution in [3.05, 3.63) is 17.7 Å². The average Bonchev–Trinajstić information content (AvgIpc) is 3.19. The molecule has 116 valence electrons. The second-order valence-electron chi connectivity index (χ2n) is 5.75. The number of benzene rings is 1. The highest BCUT2D eigenvalue weighted by Gasteiger charge is 2.28. The normalized spacial score (nSPS) is 17.1. The third-order valence-corrected chi connectivity index (χ3v) is 2.84. The molecule has 0 spiro atoms. The molecule has 1 atom stereocenters. The number of carbonyl (C=O) groups excluding carboxylic acids is 1. The number of ether oxygens (including phenoxy) is 4. The van der Waals surface area contributed by atoms with E-state index in [9.17, 15) is 4.79 Å². The molecule has 0 bridgehead atoms. The van der Waals surface area contributed by atoms with E-state index in [0.29, 0.717) is 23.8 Å². The van der Waals surface area contributed by atoms with E-state index >= 15 is 0 Å². The average molecular weight is 295 g/mol. The fourth-order valence-electron chi connectivity index (χ4n) is 1.92. The minimum Gasteiger partial charge on any atom is -0.493 e. The number of amides is 1. The zero-order valence-electron chi connectivity index (χ0n) is 13.0. The van der Waals surface area contributed by atoms with E-state index in [-0.39, 0.29) is 6.10 Å². The third kappa shape index (κ3) is 4.01. The van der Waals surface area contributed by atoms with Crippen LogP contribution in [-0.4, -0.2) is 32.5 Å². The summed E-state index contributed by atoms with van der Waals surface area (Å²) >= 11 is 0. The van der Waals surface area contributed by atoms with Gasteiger partial charge in [0.05, 0.1) is 26.5 Å². The molecule has 6 heteroatoms. The first-order valence-electron chi connectivity index (χ1n) is 6.71. The molecule has 1 aliphatic rings. The van der Waals surface area contributed by atoms with Crippen LogP contribution in [0.2, 0.25) is 0 Å². The maximum Gasteiger partial charge on any atom is 0.412 e. The van der Waals surface area contributed by atoms with Gasteiger partial charge in [0, 0.05) is 0 Å². The molecule has 1 aliphatic heterocycles. The van der Waals surface area contributed by atoms with Crippen molar-refractivity contribution in [3.63, 3.8) is 0 Å². The Bertz CT molecular complexity index is 532. The SMILES string of the molecule is COc1cc([C@@H]2CO2)cc(NC(=O)OC(C)(C)C)c1OC. The molecular weight excluding hydrogens is 274 g/mol. The topological polar surface area (TPSA) is 69.3 Å². The van der Waals surface area contributed by atoms with Crippen LogP contribution in [0.15, 0.2) is 12.1 Å². The Hall–Kier alpha value is -1.95. The summed E-state index contributed by atoms with van der Waals surface area (Å²) < 4.78 is 21.1. The van der Waals surface area contributed by atoms with Gasteiger partial charge in [-0.2, -0.15) is 0 Å². The van der Waals surface area contributed by atoms with Crippen molar-refractivity contribution in [3.8, 4) is 11.5 Å². The van der Waals surface area contributed by atoms with Gasteiger partial charge in [-0.15, -0.1) is 0 Å². The van der Waals surface area contributed by atoms with Crippen LogP contribution in [0.25, 0.3) is 0 Å². The van der Waals surface area contributed by atoms with Gasteiger partial charge in [-0.3, -0.25) is 5.32 Å². The zero-order valence-corrected chi connectivity index (χ0v) is 13.0. The van der Waals surface area contributed by atoms with Crippen LogP contribution < -0.4 is 14.8 Å². The first-order chi connectivity index (χ1) is 9.84.